The van der Waals surface area contributed by atoms with Crippen molar-refractivity contribution in [3.05, 3.63) is 32.9 Å². The molecule has 1 aromatic rings. The lowest BCUT2D eigenvalue weighted by atomic mass is 9.96. The van der Waals surface area contributed by atoms with E-state index in [4.69, 9.17) is 0 Å². The lowest BCUT2D eigenvalue weighted by Crippen LogP contribution is -2.61. The molecule has 3 nitrogen and oxygen atoms in total. The van der Waals surface area contributed by atoms with E-state index in [1.54, 1.807) is 11.8 Å². The van der Waals surface area contributed by atoms with Gasteiger partial charge in [-0.05, 0) is 48.6 Å². The Bertz CT molecular complexity index is 435. The second kappa shape index (κ2) is 4.00. The van der Waals surface area contributed by atoms with Crippen molar-refractivity contribution in [1.29, 1.82) is 0 Å². The first-order valence-electron chi connectivity index (χ1n) is 5.17. The average molecular weight is 331 g/mol. The highest BCUT2D eigenvalue weighted by Gasteiger charge is 2.39. The minimum absolute atomic E-state index is 0.0101. The van der Waals surface area contributed by atoms with E-state index in [2.05, 4.69) is 22.6 Å². The van der Waals surface area contributed by atoms with Crippen molar-refractivity contribution in [2.45, 2.75) is 19.4 Å². The molecule has 0 radical (unpaired) electrons. The van der Waals surface area contributed by atoms with Crippen LogP contribution in [0.1, 0.15) is 22.8 Å². The summed E-state index contributed by atoms with van der Waals surface area (Å²) in [6, 6.07) is 5.78. The van der Waals surface area contributed by atoms with E-state index in [1.807, 2.05) is 25.1 Å². The molecule has 0 aliphatic carbocycles. The van der Waals surface area contributed by atoms with Gasteiger partial charge in [0.05, 0.1) is 24.3 Å². The van der Waals surface area contributed by atoms with Crippen LogP contribution in [0.4, 0.5) is 0 Å². The molecule has 1 aliphatic heterocycles. The van der Waals surface area contributed by atoms with Crippen molar-refractivity contribution in [3.63, 3.8) is 0 Å². The van der Waals surface area contributed by atoms with E-state index in [0.717, 1.165) is 14.7 Å². The van der Waals surface area contributed by atoms with Crippen molar-refractivity contribution in [2.75, 3.05) is 13.1 Å². The minimum atomic E-state index is -0.703. The fourth-order valence-electron chi connectivity index (χ4n) is 1.88. The van der Waals surface area contributed by atoms with Crippen molar-refractivity contribution < 1.29 is 9.90 Å². The maximum atomic E-state index is 12.1. The van der Waals surface area contributed by atoms with Crippen LogP contribution in [0.25, 0.3) is 0 Å². The fourth-order valence-corrected chi connectivity index (χ4v) is 2.79. The Morgan fingerprint density at radius 2 is 2.12 bits per heavy atom. The summed E-state index contributed by atoms with van der Waals surface area (Å²) in [5, 5.41) is 9.60. The standard InChI is InChI=1S/C12H14INO2/c1-8-3-4-9(10(13)5-8)11(15)14-6-12(2,16)7-14/h3-5,16H,6-7H2,1-2H3. The molecule has 0 saturated carbocycles. The van der Waals surface area contributed by atoms with Crippen molar-refractivity contribution in [2.24, 2.45) is 0 Å². The molecule has 0 bridgehead atoms. The van der Waals surface area contributed by atoms with Crippen molar-refractivity contribution >= 4 is 28.5 Å². The smallest absolute Gasteiger partial charge is 0.255 e. The molecular formula is C12H14INO2. The summed E-state index contributed by atoms with van der Waals surface area (Å²) in [6.45, 7) is 4.60. The fraction of sp³-hybridized carbons (Fsp3) is 0.417. The highest BCUT2D eigenvalue weighted by atomic mass is 127. The molecule has 2 rings (SSSR count). The van der Waals surface area contributed by atoms with Gasteiger partial charge in [-0.15, -0.1) is 0 Å². The highest BCUT2D eigenvalue weighted by Crippen LogP contribution is 2.24. The number of nitrogens with zero attached hydrogens (tertiary/aromatic N) is 1. The molecule has 0 atom stereocenters. The Balaban J connectivity index is 2.16. The van der Waals surface area contributed by atoms with Crippen molar-refractivity contribution in [1.82, 2.24) is 4.90 Å². The lowest BCUT2D eigenvalue weighted by molar-refractivity contribution is -0.0669. The number of benzene rings is 1. The van der Waals surface area contributed by atoms with Gasteiger partial charge in [0.1, 0.15) is 0 Å². The van der Waals surface area contributed by atoms with Crippen LogP contribution in [0, 0.1) is 10.5 Å². The maximum absolute atomic E-state index is 12.1. The molecule has 4 heteroatoms. The van der Waals surface area contributed by atoms with Crippen LogP contribution in [0.5, 0.6) is 0 Å². The molecule has 16 heavy (non-hydrogen) atoms. The van der Waals surface area contributed by atoms with E-state index in [1.165, 1.54) is 0 Å². The van der Waals surface area contributed by atoms with Crippen LogP contribution in [0.2, 0.25) is 0 Å². The monoisotopic (exact) mass is 331 g/mol. The van der Waals surface area contributed by atoms with Crippen LogP contribution in [-0.4, -0.2) is 34.6 Å². The van der Waals surface area contributed by atoms with Crippen molar-refractivity contribution in [3.8, 4) is 0 Å². The van der Waals surface area contributed by atoms with Gasteiger partial charge in [0, 0.05) is 3.57 Å². The number of hydrogen-bond acceptors (Lipinski definition) is 2. The number of amides is 1. The molecule has 1 fully saturated rings. The van der Waals surface area contributed by atoms with E-state index < -0.39 is 5.60 Å². The van der Waals surface area contributed by atoms with Gasteiger partial charge in [0.25, 0.3) is 5.91 Å². The van der Waals surface area contributed by atoms with Gasteiger partial charge < -0.3 is 10.0 Å². The minimum Gasteiger partial charge on any atom is -0.386 e. The Kier molecular flexibility index (Phi) is 2.96. The molecule has 1 amide bonds. The molecule has 0 aromatic heterocycles. The predicted molar refractivity (Wildman–Crippen MR) is 70.4 cm³/mol. The summed E-state index contributed by atoms with van der Waals surface area (Å²) in [5.41, 5.74) is 1.17. The molecule has 0 unspecified atom stereocenters. The molecule has 86 valence electrons. The number of rotatable bonds is 1. The highest BCUT2D eigenvalue weighted by molar-refractivity contribution is 14.1. The molecular weight excluding hydrogens is 317 g/mol. The van der Waals surface area contributed by atoms with Gasteiger partial charge in [-0.3, -0.25) is 4.79 Å². The molecule has 1 saturated heterocycles. The average Bonchev–Trinajstić information content (AvgIpc) is 2.13. The number of hydrogen-bond donors (Lipinski definition) is 1. The number of aliphatic hydroxyl groups is 1. The molecule has 1 aromatic carbocycles. The third kappa shape index (κ3) is 2.22. The first-order valence-corrected chi connectivity index (χ1v) is 6.25. The summed E-state index contributed by atoms with van der Waals surface area (Å²) in [5.74, 6) is 0.0101. The number of halogens is 1. The van der Waals surface area contributed by atoms with Gasteiger partial charge in [0.2, 0.25) is 0 Å². The van der Waals surface area contributed by atoms with Gasteiger partial charge in [0.15, 0.2) is 0 Å². The van der Waals surface area contributed by atoms with E-state index >= 15 is 0 Å². The van der Waals surface area contributed by atoms with Gasteiger partial charge in [-0.1, -0.05) is 11.6 Å². The largest absolute Gasteiger partial charge is 0.386 e. The first kappa shape index (κ1) is 11.9. The topological polar surface area (TPSA) is 40.5 Å². The first-order chi connectivity index (χ1) is 7.39. The predicted octanol–water partition coefficient (Wildman–Crippen LogP) is 1.81. The third-order valence-corrected chi connectivity index (χ3v) is 3.60. The Hall–Kier alpha value is -0.620. The number of carbonyl (C=O) groups excluding carboxylic acids is 1. The Morgan fingerprint density at radius 1 is 1.50 bits per heavy atom. The van der Waals surface area contributed by atoms with Crippen LogP contribution in [-0.2, 0) is 0 Å². The summed E-state index contributed by atoms with van der Waals surface area (Å²) >= 11 is 2.17. The van der Waals surface area contributed by atoms with Gasteiger partial charge in [-0.25, -0.2) is 0 Å². The second-order valence-corrected chi connectivity index (χ2v) is 5.80. The van der Waals surface area contributed by atoms with Gasteiger partial charge >= 0.3 is 0 Å². The zero-order chi connectivity index (χ0) is 11.9. The molecule has 0 spiro atoms. The summed E-state index contributed by atoms with van der Waals surface area (Å²) in [6.07, 6.45) is 0. The van der Waals surface area contributed by atoms with Crippen LogP contribution < -0.4 is 0 Å². The van der Waals surface area contributed by atoms with Gasteiger partial charge in [-0.2, -0.15) is 0 Å². The summed E-state index contributed by atoms with van der Waals surface area (Å²) < 4.78 is 0.967. The number of aryl methyl sites for hydroxylation is 1. The third-order valence-electron chi connectivity index (χ3n) is 2.71. The van der Waals surface area contributed by atoms with E-state index in [-0.39, 0.29) is 5.91 Å². The Labute approximate surface area is 109 Å². The van der Waals surface area contributed by atoms with E-state index in [0.29, 0.717) is 13.1 Å². The zero-order valence-corrected chi connectivity index (χ0v) is 11.5. The van der Waals surface area contributed by atoms with Crippen LogP contribution in [0.15, 0.2) is 18.2 Å². The second-order valence-electron chi connectivity index (χ2n) is 4.64. The Morgan fingerprint density at radius 3 is 2.62 bits per heavy atom. The quantitative estimate of drug-likeness (QED) is 0.798. The van der Waals surface area contributed by atoms with Crippen LogP contribution >= 0.6 is 22.6 Å². The normalized spacial score (nSPS) is 18.1. The number of carbonyl (C=O) groups is 1. The lowest BCUT2D eigenvalue weighted by Gasteiger charge is -2.44. The zero-order valence-electron chi connectivity index (χ0n) is 9.33. The summed E-state index contributed by atoms with van der Waals surface area (Å²) in [4.78, 5) is 13.7. The SMILES string of the molecule is Cc1ccc(C(=O)N2CC(C)(O)C2)c(I)c1. The molecule has 1 N–H and O–H groups in total. The number of β-amino-alcohol motifs (C(OH)–C–C–N with tert-alkyl or cyclic N) is 1. The van der Waals surface area contributed by atoms with E-state index in [9.17, 15) is 9.90 Å². The number of likely N-dealkylation sites (tertiary alicyclic amines) is 1. The van der Waals surface area contributed by atoms with Crippen LogP contribution in [0.3, 0.4) is 0 Å². The molecule has 1 heterocycles. The summed E-state index contributed by atoms with van der Waals surface area (Å²) in [7, 11) is 0. The maximum Gasteiger partial charge on any atom is 0.255 e. The molecule has 1 aliphatic rings.